The van der Waals surface area contributed by atoms with Gasteiger partial charge in [-0.2, -0.15) is 0 Å². The van der Waals surface area contributed by atoms with Crippen molar-refractivity contribution < 1.29 is 9.76 Å². The van der Waals surface area contributed by atoms with Crippen molar-refractivity contribution in [2.75, 3.05) is 0 Å². The van der Waals surface area contributed by atoms with Crippen molar-refractivity contribution in [3.05, 3.63) is 103 Å². The van der Waals surface area contributed by atoms with Crippen LogP contribution in [0.5, 0.6) is 0 Å². The highest BCUT2D eigenvalue weighted by Crippen LogP contribution is 2.29. The van der Waals surface area contributed by atoms with Gasteiger partial charge in [-0.25, -0.2) is 0 Å². The van der Waals surface area contributed by atoms with Crippen LogP contribution in [0.2, 0.25) is 0 Å². The first-order valence-electron chi connectivity index (χ1n) is 11.4. The van der Waals surface area contributed by atoms with Gasteiger partial charge in [0.25, 0.3) is 0 Å². The number of rotatable bonds is 7. The molecule has 0 saturated heterocycles. The molecule has 0 spiro atoms. The standard InChI is InChI=1S/C30H31BO2/c1-29(2,32)30(3,4)33-31-28-20-26(23-13-9-6-10-14-23)19-27(21-28)25-17-15-24(16-18-25)22-11-7-5-8-12-22/h5-21,31-32H,1-4H3. The van der Waals surface area contributed by atoms with Gasteiger partial charge in [-0.05, 0) is 67.1 Å². The summed E-state index contributed by atoms with van der Waals surface area (Å²) >= 11 is 0. The maximum absolute atomic E-state index is 10.5. The van der Waals surface area contributed by atoms with Gasteiger partial charge in [0, 0.05) is 0 Å². The van der Waals surface area contributed by atoms with Crippen LogP contribution in [0, 0.1) is 0 Å². The molecule has 0 heterocycles. The zero-order valence-electron chi connectivity index (χ0n) is 19.9. The number of benzene rings is 4. The second kappa shape index (κ2) is 9.39. The average molecular weight is 434 g/mol. The van der Waals surface area contributed by atoms with Crippen LogP contribution in [0.15, 0.2) is 103 Å². The minimum atomic E-state index is -0.944. The Morgan fingerprint density at radius 1 is 0.545 bits per heavy atom. The van der Waals surface area contributed by atoms with Crippen molar-refractivity contribution >= 4 is 12.9 Å². The summed E-state index contributed by atoms with van der Waals surface area (Å²) in [5.74, 6) is 0. The molecule has 0 aliphatic carbocycles. The lowest BCUT2D eigenvalue weighted by molar-refractivity contribution is -0.0893. The monoisotopic (exact) mass is 434 g/mol. The van der Waals surface area contributed by atoms with Gasteiger partial charge < -0.3 is 9.76 Å². The molecule has 0 aromatic heterocycles. The normalized spacial score (nSPS) is 11.9. The van der Waals surface area contributed by atoms with E-state index in [0.29, 0.717) is 7.48 Å². The molecule has 33 heavy (non-hydrogen) atoms. The summed E-state index contributed by atoms with van der Waals surface area (Å²) in [5, 5.41) is 10.5. The predicted octanol–water partition coefficient (Wildman–Crippen LogP) is 6.23. The highest BCUT2D eigenvalue weighted by molar-refractivity contribution is 6.47. The first-order valence-corrected chi connectivity index (χ1v) is 11.4. The van der Waals surface area contributed by atoms with Gasteiger partial charge in [0.15, 0.2) is 0 Å². The Hall–Kier alpha value is -3.14. The SMILES string of the molecule is CC(C)(O)C(C)(C)OBc1cc(-c2ccccc2)cc(-c2ccc(-c3ccccc3)cc2)c1. The fraction of sp³-hybridized carbons (Fsp3) is 0.200. The van der Waals surface area contributed by atoms with E-state index in [4.69, 9.17) is 4.65 Å². The Bertz CT molecular complexity index is 1190. The van der Waals surface area contributed by atoms with Crippen LogP contribution in [0.4, 0.5) is 0 Å². The highest BCUT2D eigenvalue weighted by atomic mass is 16.5. The molecule has 3 heteroatoms. The van der Waals surface area contributed by atoms with Crippen LogP contribution < -0.4 is 5.46 Å². The van der Waals surface area contributed by atoms with Gasteiger partial charge in [0.2, 0.25) is 0 Å². The molecule has 0 aliphatic rings. The molecule has 4 rings (SSSR count). The first kappa shape index (κ1) is 23.0. The predicted molar refractivity (Wildman–Crippen MR) is 141 cm³/mol. The van der Waals surface area contributed by atoms with E-state index in [1.165, 1.54) is 16.7 Å². The topological polar surface area (TPSA) is 29.5 Å². The zero-order chi connectivity index (χ0) is 23.5. The Kier molecular flexibility index (Phi) is 6.55. The molecule has 4 aromatic carbocycles. The fourth-order valence-corrected chi connectivity index (χ4v) is 3.67. The maximum atomic E-state index is 10.5. The summed E-state index contributed by atoms with van der Waals surface area (Å²) in [7, 11) is 0.423. The first-order chi connectivity index (χ1) is 15.7. The molecule has 0 radical (unpaired) electrons. The summed E-state index contributed by atoms with van der Waals surface area (Å²) < 4.78 is 6.19. The fourth-order valence-electron chi connectivity index (χ4n) is 3.67. The van der Waals surface area contributed by atoms with Crippen LogP contribution in [0.25, 0.3) is 33.4 Å². The van der Waals surface area contributed by atoms with Crippen LogP contribution in [0.1, 0.15) is 27.7 Å². The van der Waals surface area contributed by atoms with Crippen molar-refractivity contribution in [3.63, 3.8) is 0 Å². The Morgan fingerprint density at radius 2 is 0.939 bits per heavy atom. The number of aliphatic hydroxyl groups is 1. The largest absolute Gasteiger partial charge is 0.427 e. The van der Waals surface area contributed by atoms with Crippen molar-refractivity contribution in [1.29, 1.82) is 0 Å². The maximum Gasteiger partial charge on any atom is 0.309 e. The second-order valence-corrected chi connectivity index (χ2v) is 9.59. The molecule has 166 valence electrons. The molecular weight excluding hydrogens is 403 g/mol. The van der Waals surface area contributed by atoms with E-state index < -0.39 is 11.2 Å². The van der Waals surface area contributed by atoms with Crippen molar-refractivity contribution in [2.24, 2.45) is 0 Å². The Balaban J connectivity index is 1.69. The smallest absolute Gasteiger partial charge is 0.309 e. The third-order valence-electron chi connectivity index (χ3n) is 6.50. The van der Waals surface area contributed by atoms with Gasteiger partial charge in [-0.15, -0.1) is 0 Å². The van der Waals surface area contributed by atoms with Crippen LogP contribution in [0.3, 0.4) is 0 Å². The van der Waals surface area contributed by atoms with Gasteiger partial charge in [-0.1, -0.05) is 103 Å². The summed E-state index contributed by atoms with van der Waals surface area (Å²) in [6, 6.07) is 36.1. The van der Waals surface area contributed by atoms with Crippen LogP contribution >= 0.6 is 0 Å². The minimum absolute atomic E-state index is 0.423. The third-order valence-corrected chi connectivity index (χ3v) is 6.50. The van der Waals surface area contributed by atoms with Gasteiger partial charge in [-0.3, -0.25) is 0 Å². The van der Waals surface area contributed by atoms with Gasteiger partial charge in [0.1, 0.15) is 0 Å². The summed E-state index contributed by atoms with van der Waals surface area (Å²) in [6.07, 6.45) is 0. The van der Waals surface area contributed by atoms with Crippen molar-refractivity contribution in [2.45, 2.75) is 38.9 Å². The van der Waals surface area contributed by atoms with E-state index >= 15 is 0 Å². The highest BCUT2D eigenvalue weighted by Gasteiger charge is 2.35. The zero-order valence-corrected chi connectivity index (χ0v) is 19.9. The number of hydrogen-bond donors (Lipinski definition) is 1. The summed E-state index contributed by atoms with van der Waals surface area (Å²) in [5.41, 5.74) is 6.51. The summed E-state index contributed by atoms with van der Waals surface area (Å²) in [4.78, 5) is 0. The minimum Gasteiger partial charge on any atom is -0.427 e. The van der Waals surface area contributed by atoms with E-state index in [0.717, 1.165) is 22.2 Å². The molecule has 1 N–H and O–H groups in total. The lowest BCUT2D eigenvalue weighted by atomic mass is 9.80. The average Bonchev–Trinajstić information content (AvgIpc) is 2.83. The Morgan fingerprint density at radius 3 is 1.39 bits per heavy atom. The number of hydrogen-bond acceptors (Lipinski definition) is 2. The van der Waals surface area contributed by atoms with E-state index in [-0.39, 0.29) is 0 Å². The van der Waals surface area contributed by atoms with Crippen molar-refractivity contribution in [3.8, 4) is 33.4 Å². The van der Waals surface area contributed by atoms with E-state index in [9.17, 15) is 5.11 Å². The lowest BCUT2D eigenvalue weighted by Crippen LogP contribution is -2.49. The van der Waals surface area contributed by atoms with Crippen molar-refractivity contribution in [1.82, 2.24) is 0 Å². The Labute approximate surface area is 198 Å². The molecule has 0 unspecified atom stereocenters. The molecular formula is C30H31BO2. The van der Waals surface area contributed by atoms with E-state index in [1.54, 1.807) is 13.8 Å². The molecule has 4 aromatic rings. The third kappa shape index (κ3) is 5.44. The quantitative estimate of drug-likeness (QED) is 0.350. The molecule has 0 aliphatic heterocycles. The second-order valence-electron chi connectivity index (χ2n) is 9.59. The molecule has 0 atom stereocenters. The van der Waals surface area contributed by atoms with Gasteiger partial charge >= 0.3 is 7.48 Å². The molecule has 0 amide bonds. The van der Waals surface area contributed by atoms with Crippen LogP contribution in [-0.2, 0) is 4.65 Å². The van der Waals surface area contributed by atoms with E-state index in [1.807, 2.05) is 26.0 Å². The van der Waals surface area contributed by atoms with Gasteiger partial charge in [0.05, 0.1) is 11.2 Å². The molecule has 0 fully saturated rings. The van der Waals surface area contributed by atoms with Crippen LogP contribution in [-0.4, -0.2) is 23.8 Å². The lowest BCUT2D eigenvalue weighted by Gasteiger charge is -2.37. The molecule has 0 bridgehead atoms. The summed E-state index contributed by atoms with van der Waals surface area (Å²) in [6.45, 7) is 7.43. The molecule has 0 saturated carbocycles. The molecule has 2 nitrogen and oxygen atoms in total. The van der Waals surface area contributed by atoms with E-state index in [2.05, 4.69) is 91.0 Å².